The van der Waals surface area contributed by atoms with Gasteiger partial charge in [0.2, 0.25) is 0 Å². The molecule has 0 aromatic carbocycles. The van der Waals surface area contributed by atoms with E-state index in [4.69, 9.17) is 31.3 Å². The van der Waals surface area contributed by atoms with Gasteiger partial charge in [0.25, 0.3) is 0 Å². The van der Waals surface area contributed by atoms with Crippen molar-refractivity contribution in [1.82, 2.24) is 0 Å². The van der Waals surface area contributed by atoms with Gasteiger partial charge in [-0.2, -0.15) is 0 Å². The van der Waals surface area contributed by atoms with Gasteiger partial charge in [-0.1, -0.05) is 6.08 Å². The first-order chi connectivity index (χ1) is 15.4. The molecule has 0 aliphatic carbocycles. The van der Waals surface area contributed by atoms with Gasteiger partial charge in [0.1, 0.15) is 0 Å². The molecular formula is C22H46O8Si2. The second kappa shape index (κ2) is 18.8. The lowest BCUT2D eigenvalue weighted by molar-refractivity contribution is -0.139. The number of esters is 1. The van der Waals surface area contributed by atoms with Crippen LogP contribution in [-0.4, -0.2) is 69.8 Å². The largest absolute Gasteiger partial charge is 0.501 e. The number of hydrogen-bond acceptors (Lipinski definition) is 8. The Morgan fingerprint density at radius 1 is 0.656 bits per heavy atom. The van der Waals surface area contributed by atoms with Gasteiger partial charge < -0.3 is 31.3 Å². The smallest absolute Gasteiger partial charge is 0.462 e. The van der Waals surface area contributed by atoms with Gasteiger partial charge in [-0.25, -0.2) is 4.79 Å². The van der Waals surface area contributed by atoms with Gasteiger partial charge >= 0.3 is 23.6 Å². The molecule has 0 spiro atoms. The Bertz CT molecular complexity index is 482. The van der Waals surface area contributed by atoms with E-state index in [9.17, 15) is 4.79 Å². The highest BCUT2D eigenvalue weighted by Gasteiger charge is 2.40. The maximum atomic E-state index is 12.3. The second-order valence-electron chi connectivity index (χ2n) is 6.98. The number of rotatable bonds is 21. The summed E-state index contributed by atoms with van der Waals surface area (Å²) in [6.07, 6.45) is 4.10. The van der Waals surface area contributed by atoms with E-state index < -0.39 is 17.6 Å². The van der Waals surface area contributed by atoms with Crippen molar-refractivity contribution in [1.29, 1.82) is 0 Å². The number of allylic oxidation sites excluding steroid dienone is 1. The lowest BCUT2D eigenvalue weighted by Gasteiger charge is -2.28. The van der Waals surface area contributed by atoms with Crippen molar-refractivity contribution in [2.24, 2.45) is 0 Å². The fourth-order valence-corrected chi connectivity index (χ4v) is 8.51. The van der Waals surface area contributed by atoms with Crippen molar-refractivity contribution in [3.63, 3.8) is 0 Å². The summed E-state index contributed by atoms with van der Waals surface area (Å²) in [6, 6.07) is 1.35. The second-order valence-corrected chi connectivity index (χ2v) is 12.4. The van der Waals surface area contributed by atoms with Gasteiger partial charge in [0.05, 0.1) is 6.61 Å². The summed E-state index contributed by atoms with van der Waals surface area (Å²) in [6.45, 7) is 17.0. The Morgan fingerprint density at radius 3 is 1.41 bits per heavy atom. The van der Waals surface area contributed by atoms with Gasteiger partial charge in [0.15, 0.2) is 0 Å². The predicted octanol–water partition coefficient (Wildman–Crippen LogP) is 4.74. The Labute approximate surface area is 197 Å². The molecule has 0 aliphatic heterocycles. The van der Waals surface area contributed by atoms with Crippen molar-refractivity contribution >= 4 is 23.6 Å². The topological polar surface area (TPSA) is 81.7 Å². The average molecular weight is 495 g/mol. The minimum Gasteiger partial charge on any atom is -0.462 e. The Morgan fingerprint density at radius 2 is 1.03 bits per heavy atom. The van der Waals surface area contributed by atoms with E-state index >= 15 is 0 Å². The fraction of sp³-hybridized carbons (Fsp3) is 0.864. The van der Waals surface area contributed by atoms with Crippen LogP contribution in [0.1, 0.15) is 67.7 Å². The van der Waals surface area contributed by atoms with E-state index in [1.807, 2.05) is 47.6 Å². The van der Waals surface area contributed by atoms with Gasteiger partial charge in [-0.15, -0.1) is 0 Å². The summed E-state index contributed by atoms with van der Waals surface area (Å²) in [4.78, 5) is 12.3. The van der Waals surface area contributed by atoms with Crippen LogP contribution in [0.3, 0.4) is 0 Å². The molecule has 0 aromatic rings. The minimum absolute atomic E-state index is 0.301. The minimum atomic E-state index is -2.70. The molecule has 32 heavy (non-hydrogen) atoms. The van der Waals surface area contributed by atoms with E-state index in [1.165, 1.54) is 0 Å². The van der Waals surface area contributed by atoms with Gasteiger partial charge in [0, 0.05) is 57.3 Å². The predicted molar refractivity (Wildman–Crippen MR) is 129 cm³/mol. The SMILES string of the molecule is CCO[Si](CCCC=C(C)C(=O)OCCC[Si](OCC)(OCC)OCC)(OCC)OCC. The summed E-state index contributed by atoms with van der Waals surface area (Å²) >= 11 is 0. The van der Waals surface area contributed by atoms with Crippen LogP contribution in [0.5, 0.6) is 0 Å². The molecule has 0 amide bonds. The molecule has 0 radical (unpaired) electrons. The third-order valence-corrected chi connectivity index (χ3v) is 10.8. The molecule has 0 saturated heterocycles. The molecule has 190 valence electrons. The molecular weight excluding hydrogens is 448 g/mol. The third-order valence-electron chi connectivity index (χ3n) is 4.51. The number of carbonyl (C=O) groups excluding carboxylic acids is 1. The molecule has 0 aromatic heterocycles. The zero-order valence-corrected chi connectivity index (χ0v) is 23.3. The van der Waals surface area contributed by atoms with Gasteiger partial charge in [-0.3, -0.25) is 0 Å². The summed E-state index contributed by atoms with van der Waals surface area (Å²) in [5.74, 6) is -0.301. The average Bonchev–Trinajstić information content (AvgIpc) is 2.75. The van der Waals surface area contributed by atoms with Crippen molar-refractivity contribution in [2.75, 3.05) is 46.2 Å². The quantitative estimate of drug-likeness (QED) is 0.0979. The van der Waals surface area contributed by atoms with Crippen molar-refractivity contribution in [2.45, 2.75) is 79.8 Å². The number of carbonyl (C=O) groups is 1. The lowest BCUT2D eigenvalue weighted by atomic mass is 10.2. The van der Waals surface area contributed by atoms with Crippen LogP contribution in [0.2, 0.25) is 12.1 Å². The number of unbranched alkanes of at least 4 members (excludes halogenated alkanes) is 1. The number of ether oxygens (including phenoxy) is 1. The summed E-state index contributed by atoms with van der Waals surface area (Å²) in [5, 5.41) is 0. The van der Waals surface area contributed by atoms with Crippen LogP contribution < -0.4 is 0 Å². The molecule has 0 heterocycles. The first kappa shape index (κ1) is 31.4. The van der Waals surface area contributed by atoms with Crippen molar-refractivity contribution in [3.8, 4) is 0 Å². The number of hydrogen-bond donors (Lipinski definition) is 0. The molecule has 10 heteroatoms. The zero-order valence-electron chi connectivity index (χ0n) is 21.3. The van der Waals surface area contributed by atoms with Crippen LogP contribution in [0.25, 0.3) is 0 Å². The van der Waals surface area contributed by atoms with Crippen molar-refractivity contribution < 1.29 is 36.1 Å². The maximum absolute atomic E-state index is 12.3. The summed E-state index contributed by atoms with van der Waals surface area (Å²) < 4.78 is 40.5. The van der Waals surface area contributed by atoms with E-state index in [1.54, 1.807) is 6.92 Å². The summed E-state index contributed by atoms with van der Waals surface area (Å²) in [7, 11) is -5.33. The van der Waals surface area contributed by atoms with E-state index in [0.717, 1.165) is 18.9 Å². The molecule has 0 saturated carbocycles. The van der Waals surface area contributed by atoms with Gasteiger partial charge in [-0.05, 0) is 67.7 Å². The van der Waals surface area contributed by atoms with Crippen LogP contribution >= 0.6 is 0 Å². The molecule has 0 unspecified atom stereocenters. The molecule has 8 nitrogen and oxygen atoms in total. The molecule has 0 aliphatic rings. The zero-order chi connectivity index (χ0) is 24.3. The van der Waals surface area contributed by atoms with E-state index in [-0.39, 0.29) is 5.97 Å². The molecule has 0 fully saturated rings. The van der Waals surface area contributed by atoms with Crippen LogP contribution in [0.15, 0.2) is 11.6 Å². The Kier molecular flexibility index (Phi) is 18.4. The van der Waals surface area contributed by atoms with Crippen LogP contribution in [0, 0.1) is 0 Å². The summed E-state index contributed by atoms with van der Waals surface area (Å²) in [5.41, 5.74) is 0.601. The van der Waals surface area contributed by atoms with E-state index in [0.29, 0.717) is 64.3 Å². The molecule has 0 rings (SSSR count). The Balaban J connectivity index is 4.54. The Hall–Kier alpha value is -0.596. The molecule has 0 bridgehead atoms. The first-order valence-electron chi connectivity index (χ1n) is 12.1. The molecule has 0 N–H and O–H groups in total. The highest BCUT2D eigenvalue weighted by atomic mass is 28.4. The lowest BCUT2D eigenvalue weighted by Crippen LogP contribution is -2.46. The third kappa shape index (κ3) is 12.6. The standard InChI is InChI=1S/C22H46O8Si2/c1-8-25-31(26-9-2,27-10-3)19-15-14-17-21(7)22(23)24-18-16-20-32(28-11-4,29-12-5)30-13-6/h17H,8-16,18-20H2,1-7H3. The first-order valence-corrected chi connectivity index (χ1v) is 15.9. The van der Waals surface area contributed by atoms with Crippen molar-refractivity contribution in [3.05, 3.63) is 11.6 Å². The highest BCUT2D eigenvalue weighted by molar-refractivity contribution is 6.61. The highest BCUT2D eigenvalue weighted by Crippen LogP contribution is 2.20. The molecule has 0 atom stereocenters. The fourth-order valence-electron chi connectivity index (χ4n) is 3.29. The monoisotopic (exact) mass is 494 g/mol. The maximum Gasteiger partial charge on any atom is 0.501 e. The van der Waals surface area contributed by atoms with Crippen LogP contribution in [0.4, 0.5) is 0 Å². The van der Waals surface area contributed by atoms with Crippen LogP contribution in [-0.2, 0) is 36.1 Å². The van der Waals surface area contributed by atoms with E-state index in [2.05, 4.69) is 0 Å². The normalized spacial score (nSPS) is 12.9.